The number of nitrogens with one attached hydrogen (secondary N) is 2. The van der Waals surface area contributed by atoms with Crippen LogP contribution < -0.4 is 10.6 Å². The van der Waals surface area contributed by atoms with Gasteiger partial charge in [-0.1, -0.05) is 13.0 Å². The lowest BCUT2D eigenvalue weighted by Gasteiger charge is -2.11. The maximum absolute atomic E-state index is 12.8. The molecule has 0 saturated carbocycles. The van der Waals surface area contributed by atoms with Crippen LogP contribution >= 0.6 is 0 Å². The first-order chi connectivity index (χ1) is 10.4. The van der Waals surface area contributed by atoms with Gasteiger partial charge in [-0.3, -0.25) is 0 Å². The number of carbonyl (C=O) groups is 1. The Morgan fingerprint density at radius 2 is 2.09 bits per heavy atom. The van der Waals surface area contributed by atoms with Gasteiger partial charge in [-0.25, -0.2) is 9.48 Å². The van der Waals surface area contributed by atoms with Crippen LogP contribution in [0.2, 0.25) is 0 Å². The van der Waals surface area contributed by atoms with Crippen LogP contribution in [-0.4, -0.2) is 22.9 Å². The lowest BCUT2D eigenvalue weighted by Crippen LogP contribution is -2.24. The van der Waals surface area contributed by atoms with Crippen LogP contribution in [0.1, 0.15) is 18.2 Å². The molecule has 0 saturated heterocycles. The fourth-order valence-electron chi connectivity index (χ4n) is 2.04. The van der Waals surface area contributed by atoms with Crippen molar-refractivity contribution in [3.8, 4) is 5.69 Å². The number of carbonyl (C=O) groups excluding carboxylic acids is 1. The number of aromatic nitrogens is 2. The quantitative estimate of drug-likeness (QED) is 0.914. The lowest BCUT2D eigenvalue weighted by molar-refractivity contribution is -0.137. The van der Waals surface area contributed by atoms with Gasteiger partial charge < -0.3 is 10.6 Å². The van der Waals surface area contributed by atoms with E-state index in [4.69, 9.17) is 0 Å². The summed E-state index contributed by atoms with van der Waals surface area (Å²) in [5.74, 6) is 0. The number of urea groups is 1. The van der Waals surface area contributed by atoms with Crippen LogP contribution in [0.5, 0.6) is 0 Å². The average molecular weight is 312 g/mol. The minimum Gasteiger partial charge on any atom is -0.341 e. The second-order valence-corrected chi connectivity index (χ2v) is 4.52. The summed E-state index contributed by atoms with van der Waals surface area (Å²) in [6.07, 6.45) is -2.51. The van der Waals surface area contributed by atoms with Crippen molar-refractivity contribution in [1.82, 2.24) is 15.1 Å². The van der Waals surface area contributed by atoms with Gasteiger partial charge in [0.15, 0.2) is 0 Å². The van der Waals surface area contributed by atoms with Crippen molar-refractivity contribution in [1.29, 1.82) is 0 Å². The Morgan fingerprint density at radius 1 is 1.36 bits per heavy atom. The third kappa shape index (κ3) is 3.21. The van der Waals surface area contributed by atoms with E-state index in [2.05, 4.69) is 15.7 Å². The molecular weight excluding hydrogens is 297 g/mol. The summed E-state index contributed by atoms with van der Waals surface area (Å²) < 4.78 is 39.8. The molecule has 5 nitrogen and oxygen atoms in total. The zero-order chi connectivity index (χ0) is 16.3. The van der Waals surface area contributed by atoms with Crippen LogP contribution in [0.25, 0.3) is 5.69 Å². The summed E-state index contributed by atoms with van der Waals surface area (Å²) in [6.45, 7) is 1.83. The van der Waals surface area contributed by atoms with E-state index in [1.54, 1.807) is 0 Å². The van der Waals surface area contributed by atoms with Crippen molar-refractivity contribution in [3.63, 3.8) is 0 Å². The number of rotatable bonds is 3. The van der Waals surface area contributed by atoms with E-state index < -0.39 is 17.8 Å². The van der Waals surface area contributed by atoms with Crippen LogP contribution in [-0.2, 0) is 12.6 Å². The number of nitrogens with zero attached hydrogens (tertiary/aromatic N) is 2. The van der Waals surface area contributed by atoms with Gasteiger partial charge in [0.25, 0.3) is 0 Å². The molecule has 1 aromatic heterocycles. The number of hydrogen-bond donors (Lipinski definition) is 2. The molecule has 2 amide bonds. The number of anilines is 1. The van der Waals surface area contributed by atoms with Crippen molar-refractivity contribution in [2.75, 3.05) is 12.4 Å². The molecular formula is C14H15F3N4O. The van der Waals surface area contributed by atoms with Gasteiger partial charge in [0.05, 0.1) is 28.8 Å². The van der Waals surface area contributed by atoms with Gasteiger partial charge in [0, 0.05) is 7.05 Å². The van der Waals surface area contributed by atoms with E-state index >= 15 is 0 Å². The molecule has 2 N–H and O–H groups in total. The molecule has 0 aliphatic carbocycles. The summed E-state index contributed by atoms with van der Waals surface area (Å²) in [5, 5.41) is 9.07. The first-order valence-electron chi connectivity index (χ1n) is 6.60. The molecule has 0 atom stereocenters. The van der Waals surface area contributed by atoms with E-state index in [1.807, 2.05) is 6.92 Å². The highest BCUT2D eigenvalue weighted by molar-refractivity contribution is 5.89. The van der Waals surface area contributed by atoms with Gasteiger partial charge in [-0.05, 0) is 24.6 Å². The monoisotopic (exact) mass is 312 g/mol. The predicted molar refractivity (Wildman–Crippen MR) is 76.0 cm³/mol. The third-order valence-corrected chi connectivity index (χ3v) is 3.10. The number of benzene rings is 1. The average Bonchev–Trinajstić information content (AvgIpc) is 2.89. The summed E-state index contributed by atoms with van der Waals surface area (Å²) in [4.78, 5) is 11.4. The van der Waals surface area contributed by atoms with Crippen molar-refractivity contribution in [2.24, 2.45) is 0 Å². The molecule has 0 fully saturated rings. The first-order valence-corrected chi connectivity index (χ1v) is 6.60. The van der Waals surface area contributed by atoms with Crippen molar-refractivity contribution in [3.05, 3.63) is 41.7 Å². The van der Waals surface area contributed by atoms with Gasteiger partial charge in [0.2, 0.25) is 0 Å². The first kappa shape index (κ1) is 15.9. The minimum absolute atomic E-state index is 0.289. The van der Waals surface area contributed by atoms with Gasteiger partial charge in [0.1, 0.15) is 0 Å². The standard InChI is InChI=1S/C14H15F3N4O/c1-3-12-11(20-13(22)18-2)8-19-21(12)10-6-4-5-9(7-10)14(15,16)17/h4-8H,3H2,1-2H3,(H2,18,20,22). The molecule has 0 bridgehead atoms. The minimum atomic E-state index is -4.42. The highest BCUT2D eigenvalue weighted by atomic mass is 19.4. The zero-order valence-corrected chi connectivity index (χ0v) is 12.0. The molecule has 0 aliphatic heterocycles. The predicted octanol–water partition coefficient (Wildman–Crippen LogP) is 3.20. The van der Waals surface area contributed by atoms with Crippen molar-refractivity contribution < 1.29 is 18.0 Å². The van der Waals surface area contributed by atoms with Crippen molar-refractivity contribution >= 4 is 11.7 Å². The Balaban J connectivity index is 2.43. The van der Waals surface area contributed by atoms with Gasteiger partial charge >= 0.3 is 12.2 Å². The normalized spacial score (nSPS) is 11.3. The second-order valence-electron chi connectivity index (χ2n) is 4.52. The smallest absolute Gasteiger partial charge is 0.341 e. The van der Waals surface area contributed by atoms with Crippen molar-refractivity contribution in [2.45, 2.75) is 19.5 Å². The van der Waals surface area contributed by atoms with E-state index in [9.17, 15) is 18.0 Å². The molecule has 1 heterocycles. The molecule has 118 valence electrons. The Morgan fingerprint density at radius 3 is 2.68 bits per heavy atom. The van der Waals surface area contributed by atoms with Gasteiger partial charge in [-0.15, -0.1) is 0 Å². The van der Waals surface area contributed by atoms with Gasteiger partial charge in [-0.2, -0.15) is 18.3 Å². The summed E-state index contributed by atoms with van der Waals surface area (Å²) in [5.41, 5.74) is 0.613. The molecule has 8 heteroatoms. The van der Waals surface area contributed by atoms with E-state index in [0.717, 1.165) is 12.1 Å². The van der Waals surface area contributed by atoms with Crippen LogP contribution in [0.15, 0.2) is 30.5 Å². The van der Waals surface area contributed by atoms with E-state index in [-0.39, 0.29) is 5.69 Å². The zero-order valence-electron chi connectivity index (χ0n) is 12.0. The fourth-order valence-corrected chi connectivity index (χ4v) is 2.04. The van der Waals surface area contributed by atoms with Crippen LogP contribution in [0.4, 0.5) is 23.7 Å². The molecule has 2 rings (SSSR count). The van der Waals surface area contributed by atoms with E-state index in [0.29, 0.717) is 17.8 Å². The van der Waals surface area contributed by atoms with Crippen LogP contribution in [0.3, 0.4) is 0 Å². The Kier molecular flexibility index (Phi) is 4.39. The number of hydrogen-bond acceptors (Lipinski definition) is 2. The largest absolute Gasteiger partial charge is 0.416 e. The highest BCUT2D eigenvalue weighted by Gasteiger charge is 2.30. The Hall–Kier alpha value is -2.51. The molecule has 2 aromatic rings. The maximum Gasteiger partial charge on any atom is 0.416 e. The Bertz CT molecular complexity index is 679. The topological polar surface area (TPSA) is 59.0 Å². The number of amides is 2. The molecule has 1 aromatic carbocycles. The Labute approximate surface area is 125 Å². The summed E-state index contributed by atoms with van der Waals surface area (Å²) >= 11 is 0. The molecule has 0 unspecified atom stereocenters. The summed E-state index contributed by atoms with van der Waals surface area (Å²) in [7, 11) is 1.47. The maximum atomic E-state index is 12.8. The number of halogens is 3. The second kappa shape index (κ2) is 6.08. The fraction of sp³-hybridized carbons (Fsp3) is 0.286. The van der Waals surface area contributed by atoms with Crippen LogP contribution in [0, 0.1) is 0 Å². The highest BCUT2D eigenvalue weighted by Crippen LogP contribution is 2.31. The van der Waals surface area contributed by atoms with E-state index in [1.165, 1.54) is 30.1 Å². The molecule has 0 radical (unpaired) electrons. The number of alkyl halides is 3. The molecule has 0 spiro atoms. The molecule has 0 aliphatic rings. The SMILES string of the molecule is CCc1c(NC(=O)NC)cnn1-c1cccc(C(F)(F)F)c1. The molecule has 22 heavy (non-hydrogen) atoms. The summed E-state index contributed by atoms with van der Waals surface area (Å²) in [6, 6.07) is 4.47. The lowest BCUT2D eigenvalue weighted by atomic mass is 10.2. The third-order valence-electron chi connectivity index (χ3n) is 3.10.